The fraction of sp³-hybridized carbons (Fsp3) is 0.231. The van der Waals surface area contributed by atoms with Gasteiger partial charge < -0.3 is 9.80 Å². The van der Waals surface area contributed by atoms with Gasteiger partial charge in [0.1, 0.15) is 0 Å². The van der Waals surface area contributed by atoms with Gasteiger partial charge in [0.05, 0.1) is 4.90 Å². The Morgan fingerprint density at radius 2 is 0.863 bits per heavy atom. The minimum absolute atomic E-state index is 0.0975. The van der Waals surface area contributed by atoms with Crippen LogP contribution in [0.5, 0.6) is 0 Å². The van der Waals surface area contributed by atoms with Gasteiger partial charge in [-0.1, -0.05) is 78.9 Å². The number of halogens is 6. The Hall–Kier alpha value is -4.81. The molecule has 5 rings (SSSR count). The van der Waals surface area contributed by atoms with Crippen molar-refractivity contribution in [1.29, 1.82) is 0 Å². The first-order chi connectivity index (χ1) is 24.2. The summed E-state index contributed by atoms with van der Waals surface area (Å²) < 4.78 is 113. The van der Waals surface area contributed by atoms with Crippen molar-refractivity contribution >= 4 is 32.9 Å². The molecule has 0 aliphatic heterocycles. The number of rotatable bonds is 14. The minimum atomic E-state index is -4.65. The lowest BCUT2D eigenvalue weighted by Gasteiger charge is -2.28. The molecule has 0 fully saturated rings. The maximum atomic E-state index is 13.0. The third-order valence-corrected chi connectivity index (χ3v) is 9.33. The number of alkyl halides is 6. The number of para-hydroxylation sites is 2. The highest BCUT2D eigenvalue weighted by molar-refractivity contribution is 7.85. The summed E-state index contributed by atoms with van der Waals surface area (Å²) in [5.74, 6) is -0.725. The van der Waals surface area contributed by atoms with Crippen LogP contribution < -0.4 is 9.80 Å². The van der Waals surface area contributed by atoms with Gasteiger partial charge in [-0.05, 0) is 84.1 Å². The van der Waals surface area contributed by atoms with E-state index in [0.717, 1.165) is 0 Å². The first-order valence-corrected chi connectivity index (χ1v) is 17.7. The summed E-state index contributed by atoms with van der Waals surface area (Å²) in [6.07, 6.45) is -10.7. The largest absolute Gasteiger partial charge is 0.389 e. The summed E-state index contributed by atoms with van der Waals surface area (Å²) >= 11 is 0. The Labute approximate surface area is 293 Å². The lowest BCUT2D eigenvalue weighted by atomic mass is 9.85. The van der Waals surface area contributed by atoms with Crippen molar-refractivity contribution in [1.82, 2.24) is 0 Å². The van der Waals surface area contributed by atoms with Gasteiger partial charge in [0.25, 0.3) is 10.1 Å². The molecule has 0 radical (unpaired) electrons. The molecule has 5 nitrogen and oxygen atoms in total. The zero-order valence-corrected chi connectivity index (χ0v) is 28.2. The summed E-state index contributed by atoms with van der Waals surface area (Å²) in [6, 6.07) is 38.1. The van der Waals surface area contributed by atoms with Crippen molar-refractivity contribution in [3.63, 3.8) is 0 Å². The molecule has 12 heteroatoms. The standard InChI is InChI=1S/C39H36F6N2O3S/c40-38(41,42)25-9-27-46(31-11-3-1-4-12-31)33-21-17-29(18-22-33)37(35-15-7-8-16-36(35)51(48,49)50)30-19-23-34(24-20-30)47(28-10-26-39(43,44)45)32-13-5-2-6-14-32/h1-8,11-24,37H,9-10,25-28H2,(H,48,49,50). The molecule has 268 valence electrons. The van der Waals surface area contributed by atoms with Crippen molar-refractivity contribution in [3.05, 3.63) is 150 Å². The summed E-state index contributed by atoms with van der Waals surface area (Å²) in [6.45, 7) is 0.195. The highest BCUT2D eigenvalue weighted by Gasteiger charge is 2.29. The summed E-state index contributed by atoms with van der Waals surface area (Å²) in [5, 5.41) is 0. The fourth-order valence-corrected chi connectivity index (χ4v) is 6.84. The molecule has 0 heterocycles. The van der Waals surface area contributed by atoms with Crippen LogP contribution in [-0.2, 0) is 10.1 Å². The first-order valence-electron chi connectivity index (χ1n) is 16.2. The van der Waals surface area contributed by atoms with Crippen LogP contribution in [0.25, 0.3) is 0 Å². The van der Waals surface area contributed by atoms with Crippen molar-refractivity contribution in [2.24, 2.45) is 0 Å². The van der Waals surface area contributed by atoms with Gasteiger partial charge in [0.2, 0.25) is 0 Å². The fourth-order valence-electron chi connectivity index (χ4n) is 6.10. The molecule has 5 aromatic rings. The number of hydrogen-bond donors (Lipinski definition) is 1. The zero-order chi connectivity index (χ0) is 36.6. The van der Waals surface area contributed by atoms with E-state index in [4.69, 9.17) is 0 Å². The van der Waals surface area contributed by atoms with E-state index in [1.165, 1.54) is 12.1 Å². The molecule has 0 aromatic heterocycles. The number of hydrogen-bond acceptors (Lipinski definition) is 4. The second-order valence-corrected chi connectivity index (χ2v) is 13.4. The predicted molar refractivity (Wildman–Crippen MR) is 188 cm³/mol. The van der Waals surface area contributed by atoms with Gasteiger partial charge in [0.15, 0.2) is 0 Å². The molecular formula is C39H36F6N2O3S. The van der Waals surface area contributed by atoms with Gasteiger partial charge in [-0.2, -0.15) is 34.8 Å². The molecule has 1 N–H and O–H groups in total. The molecule has 0 bridgehead atoms. The lowest BCUT2D eigenvalue weighted by Crippen LogP contribution is -2.21. The average molecular weight is 727 g/mol. The van der Waals surface area contributed by atoms with Crippen LogP contribution in [0, 0.1) is 0 Å². The monoisotopic (exact) mass is 726 g/mol. The Morgan fingerprint density at radius 1 is 0.510 bits per heavy atom. The topological polar surface area (TPSA) is 60.9 Å². The van der Waals surface area contributed by atoms with Crippen LogP contribution in [0.3, 0.4) is 0 Å². The minimum Gasteiger partial charge on any atom is -0.341 e. The number of benzene rings is 5. The van der Waals surface area contributed by atoms with Crippen LogP contribution >= 0.6 is 0 Å². The molecule has 0 atom stereocenters. The summed E-state index contributed by atoms with van der Waals surface area (Å²) in [4.78, 5) is 3.27. The molecule has 0 amide bonds. The molecule has 0 unspecified atom stereocenters. The van der Waals surface area contributed by atoms with Gasteiger partial charge in [-0.15, -0.1) is 0 Å². The second kappa shape index (κ2) is 16.0. The van der Waals surface area contributed by atoms with E-state index >= 15 is 0 Å². The maximum Gasteiger partial charge on any atom is 0.389 e. The molecule has 5 aromatic carbocycles. The Balaban J connectivity index is 1.54. The van der Waals surface area contributed by atoms with Gasteiger partial charge >= 0.3 is 12.4 Å². The van der Waals surface area contributed by atoms with Crippen molar-refractivity contribution in [3.8, 4) is 0 Å². The summed E-state index contributed by atoms with van der Waals surface area (Å²) in [5.41, 5.74) is 4.22. The Morgan fingerprint density at radius 3 is 1.24 bits per heavy atom. The van der Waals surface area contributed by atoms with E-state index in [9.17, 15) is 39.3 Å². The molecule has 0 aliphatic rings. The number of anilines is 4. The van der Waals surface area contributed by atoms with Crippen LogP contribution in [0.1, 0.15) is 48.3 Å². The normalized spacial score (nSPS) is 12.2. The molecular weight excluding hydrogens is 690 g/mol. The number of nitrogens with zero attached hydrogens (tertiary/aromatic N) is 2. The van der Waals surface area contributed by atoms with Gasteiger partial charge in [-0.25, -0.2) is 0 Å². The van der Waals surface area contributed by atoms with Crippen LogP contribution in [0.4, 0.5) is 49.1 Å². The van der Waals surface area contributed by atoms with E-state index < -0.39 is 41.2 Å². The van der Waals surface area contributed by atoms with Crippen LogP contribution in [0.2, 0.25) is 0 Å². The first kappa shape index (κ1) is 37.4. The zero-order valence-electron chi connectivity index (χ0n) is 27.4. The third-order valence-electron chi connectivity index (χ3n) is 8.40. The highest BCUT2D eigenvalue weighted by Crippen LogP contribution is 2.39. The SMILES string of the molecule is O=S(=O)(O)c1ccccc1C(c1ccc(N(CCCC(F)(F)F)c2ccccc2)cc1)c1ccc(N(CCCC(F)(F)F)c2ccccc2)cc1. The molecule has 0 saturated heterocycles. The quantitative estimate of drug-likeness (QED) is 0.0701. The van der Waals surface area contributed by atoms with E-state index in [0.29, 0.717) is 33.9 Å². The molecule has 0 spiro atoms. The van der Waals surface area contributed by atoms with E-state index in [-0.39, 0.29) is 36.4 Å². The summed E-state index contributed by atoms with van der Waals surface area (Å²) in [7, 11) is -4.65. The van der Waals surface area contributed by atoms with Crippen molar-refractivity contribution in [2.75, 3.05) is 22.9 Å². The molecule has 0 aliphatic carbocycles. The third kappa shape index (κ3) is 10.4. The van der Waals surface area contributed by atoms with Crippen molar-refractivity contribution in [2.45, 2.75) is 48.8 Å². The second-order valence-electron chi connectivity index (χ2n) is 12.0. The molecule has 0 saturated carbocycles. The van der Waals surface area contributed by atoms with E-state index in [2.05, 4.69) is 0 Å². The van der Waals surface area contributed by atoms with Crippen LogP contribution in [0.15, 0.2) is 138 Å². The Kier molecular flexibility index (Phi) is 11.8. The average Bonchev–Trinajstić information content (AvgIpc) is 3.09. The Bertz CT molecular complexity index is 1850. The van der Waals surface area contributed by atoms with Crippen LogP contribution in [-0.4, -0.2) is 38.4 Å². The molecule has 51 heavy (non-hydrogen) atoms. The van der Waals surface area contributed by atoms with Gasteiger partial charge in [0, 0.05) is 54.6 Å². The highest BCUT2D eigenvalue weighted by atomic mass is 32.2. The predicted octanol–water partition coefficient (Wildman–Crippen LogP) is 11.1. The van der Waals surface area contributed by atoms with E-state index in [1.807, 2.05) is 12.1 Å². The maximum absolute atomic E-state index is 13.0. The van der Waals surface area contributed by atoms with Crippen molar-refractivity contribution < 1.29 is 39.3 Å². The smallest absolute Gasteiger partial charge is 0.341 e. The lowest BCUT2D eigenvalue weighted by molar-refractivity contribution is -0.135. The van der Waals surface area contributed by atoms with Gasteiger partial charge in [-0.3, -0.25) is 4.55 Å². The van der Waals surface area contributed by atoms with E-state index in [1.54, 1.807) is 119 Å².